The Morgan fingerprint density at radius 1 is 1.07 bits per heavy atom. The normalized spacial score (nSPS) is 18.8. The zero-order chi connectivity index (χ0) is 20.0. The Kier molecular flexibility index (Phi) is 6.31. The summed E-state index contributed by atoms with van der Waals surface area (Å²) in [7, 11) is 0. The van der Waals surface area contributed by atoms with E-state index < -0.39 is 11.4 Å². The van der Waals surface area contributed by atoms with Gasteiger partial charge in [-0.1, -0.05) is 54.6 Å². The minimum atomic E-state index is -0.861. The van der Waals surface area contributed by atoms with Gasteiger partial charge in [0.2, 0.25) is 0 Å². The zero-order valence-corrected chi connectivity index (χ0v) is 16.1. The predicted octanol–water partition coefficient (Wildman–Crippen LogP) is 3.41. The van der Waals surface area contributed by atoms with Gasteiger partial charge in [-0.2, -0.15) is 0 Å². The van der Waals surface area contributed by atoms with Crippen molar-refractivity contribution < 1.29 is 19.4 Å². The molecule has 1 heterocycles. The van der Waals surface area contributed by atoms with E-state index in [1.54, 1.807) is 11.8 Å². The lowest BCUT2D eigenvalue weighted by molar-refractivity contribution is -0.147. The quantitative estimate of drug-likeness (QED) is 0.769. The fraction of sp³-hybridized carbons (Fsp3) is 0.364. The maximum absolute atomic E-state index is 12.4. The third-order valence-corrected chi connectivity index (χ3v) is 5.19. The van der Waals surface area contributed by atoms with Crippen molar-refractivity contribution in [2.24, 2.45) is 5.41 Å². The number of rotatable bonds is 7. The van der Waals surface area contributed by atoms with Crippen molar-refractivity contribution in [1.29, 1.82) is 0 Å². The number of ether oxygens (including phenoxy) is 1. The SMILES string of the molecule is CC1(C(=O)O)CCN(C(=O)NCc2ccccc2COCc2ccccc2)C1. The molecule has 1 fully saturated rings. The summed E-state index contributed by atoms with van der Waals surface area (Å²) >= 11 is 0. The van der Waals surface area contributed by atoms with Crippen molar-refractivity contribution in [2.75, 3.05) is 13.1 Å². The first-order valence-corrected chi connectivity index (χ1v) is 9.42. The van der Waals surface area contributed by atoms with Crippen LogP contribution in [0, 0.1) is 5.41 Å². The molecule has 2 aromatic carbocycles. The summed E-state index contributed by atoms with van der Waals surface area (Å²) in [5.74, 6) is -0.858. The number of amides is 2. The minimum Gasteiger partial charge on any atom is -0.481 e. The Bertz CT molecular complexity index is 824. The van der Waals surface area contributed by atoms with Gasteiger partial charge in [-0.05, 0) is 30.0 Å². The van der Waals surface area contributed by atoms with Crippen LogP contribution in [-0.4, -0.2) is 35.1 Å². The van der Waals surface area contributed by atoms with Crippen LogP contribution in [0.5, 0.6) is 0 Å². The molecule has 1 aliphatic heterocycles. The van der Waals surface area contributed by atoms with Crippen LogP contribution in [0.2, 0.25) is 0 Å². The first-order valence-electron chi connectivity index (χ1n) is 9.42. The van der Waals surface area contributed by atoms with Crippen LogP contribution in [-0.2, 0) is 29.3 Å². The van der Waals surface area contributed by atoms with Crippen LogP contribution in [0.4, 0.5) is 4.79 Å². The van der Waals surface area contributed by atoms with Crippen LogP contribution in [0.1, 0.15) is 30.0 Å². The van der Waals surface area contributed by atoms with E-state index in [4.69, 9.17) is 4.74 Å². The van der Waals surface area contributed by atoms with Crippen LogP contribution in [0.3, 0.4) is 0 Å². The summed E-state index contributed by atoms with van der Waals surface area (Å²) in [6, 6.07) is 17.6. The third kappa shape index (κ3) is 4.89. The van der Waals surface area contributed by atoms with E-state index in [0.29, 0.717) is 32.7 Å². The smallest absolute Gasteiger partial charge is 0.317 e. The number of likely N-dealkylation sites (tertiary alicyclic amines) is 1. The average Bonchev–Trinajstić information content (AvgIpc) is 3.12. The first-order chi connectivity index (χ1) is 13.5. The van der Waals surface area contributed by atoms with Crippen LogP contribution < -0.4 is 5.32 Å². The molecule has 1 aliphatic rings. The molecule has 0 aromatic heterocycles. The fourth-order valence-corrected chi connectivity index (χ4v) is 3.32. The third-order valence-electron chi connectivity index (χ3n) is 5.19. The second-order valence-electron chi connectivity index (χ2n) is 7.44. The fourth-order valence-electron chi connectivity index (χ4n) is 3.32. The molecule has 2 aromatic rings. The van der Waals surface area contributed by atoms with Crippen molar-refractivity contribution in [3.63, 3.8) is 0 Å². The van der Waals surface area contributed by atoms with E-state index in [1.807, 2.05) is 54.6 Å². The first kappa shape index (κ1) is 19.9. The molecule has 0 saturated carbocycles. The van der Waals surface area contributed by atoms with E-state index >= 15 is 0 Å². The van der Waals surface area contributed by atoms with Crippen molar-refractivity contribution in [3.8, 4) is 0 Å². The molecule has 2 N–H and O–H groups in total. The summed E-state index contributed by atoms with van der Waals surface area (Å²) in [5.41, 5.74) is 2.27. The van der Waals surface area contributed by atoms with E-state index in [-0.39, 0.29) is 12.6 Å². The molecule has 6 nitrogen and oxygen atoms in total. The van der Waals surface area contributed by atoms with Crippen LogP contribution >= 0.6 is 0 Å². The van der Waals surface area contributed by atoms with Gasteiger partial charge in [0.05, 0.1) is 18.6 Å². The Labute approximate surface area is 165 Å². The lowest BCUT2D eigenvalue weighted by Gasteiger charge is -2.21. The van der Waals surface area contributed by atoms with E-state index in [1.165, 1.54) is 0 Å². The molecular weight excluding hydrogens is 356 g/mol. The van der Waals surface area contributed by atoms with Gasteiger partial charge in [0.1, 0.15) is 0 Å². The largest absolute Gasteiger partial charge is 0.481 e. The molecule has 3 rings (SSSR count). The van der Waals surface area contributed by atoms with E-state index in [2.05, 4.69) is 5.32 Å². The number of carbonyl (C=O) groups excluding carboxylic acids is 1. The molecule has 0 radical (unpaired) electrons. The molecule has 148 valence electrons. The lowest BCUT2D eigenvalue weighted by Crippen LogP contribution is -2.40. The topological polar surface area (TPSA) is 78.9 Å². The highest BCUT2D eigenvalue weighted by Gasteiger charge is 2.42. The van der Waals surface area contributed by atoms with Gasteiger partial charge < -0.3 is 20.1 Å². The highest BCUT2D eigenvalue weighted by molar-refractivity contribution is 5.79. The number of nitrogens with zero attached hydrogens (tertiary/aromatic N) is 1. The Morgan fingerprint density at radius 3 is 2.43 bits per heavy atom. The molecule has 0 aliphatic carbocycles. The van der Waals surface area contributed by atoms with E-state index in [9.17, 15) is 14.7 Å². The monoisotopic (exact) mass is 382 g/mol. The number of hydrogen-bond donors (Lipinski definition) is 2. The predicted molar refractivity (Wildman–Crippen MR) is 106 cm³/mol. The molecule has 1 unspecified atom stereocenters. The number of carboxylic acids is 1. The Morgan fingerprint density at radius 2 is 1.75 bits per heavy atom. The van der Waals surface area contributed by atoms with Crippen molar-refractivity contribution in [3.05, 3.63) is 71.3 Å². The highest BCUT2D eigenvalue weighted by atomic mass is 16.5. The zero-order valence-electron chi connectivity index (χ0n) is 16.1. The van der Waals surface area contributed by atoms with Gasteiger partial charge in [0, 0.05) is 19.6 Å². The maximum atomic E-state index is 12.4. The summed E-state index contributed by atoms with van der Waals surface area (Å²) < 4.78 is 5.82. The van der Waals surface area contributed by atoms with Crippen molar-refractivity contribution >= 4 is 12.0 Å². The molecule has 0 bridgehead atoms. The van der Waals surface area contributed by atoms with Crippen LogP contribution in [0.15, 0.2) is 54.6 Å². The lowest BCUT2D eigenvalue weighted by atomic mass is 9.90. The van der Waals surface area contributed by atoms with Gasteiger partial charge in [-0.25, -0.2) is 4.79 Å². The van der Waals surface area contributed by atoms with Crippen LogP contribution in [0.25, 0.3) is 0 Å². The Balaban J connectivity index is 1.52. The molecular formula is C22H26N2O4. The molecule has 1 atom stereocenters. The summed E-state index contributed by atoms with van der Waals surface area (Å²) in [4.78, 5) is 25.3. The number of carbonyl (C=O) groups is 2. The highest BCUT2D eigenvalue weighted by Crippen LogP contribution is 2.30. The summed E-state index contributed by atoms with van der Waals surface area (Å²) in [5, 5.41) is 12.2. The second-order valence-corrected chi connectivity index (χ2v) is 7.44. The number of nitrogens with one attached hydrogen (secondary N) is 1. The molecule has 28 heavy (non-hydrogen) atoms. The van der Waals surface area contributed by atoms with Gasteiger partial charge in [-0.15, -0.1) is 0 Å². The van der Waals surface area contributed by atoms with Gasteiger partial charge in [0.25, 0.3) is 0 Å². The number of carboxylic acid groups (broad SMARTS) is 1. The Hall–Kier alpha value is -2.86. The van der Waals surface area contributed by atoms with E-state index in [0.717, 1.165) is 16.7 Å². The number of aliphatic carboxylic acids is 1. The summed E-state index contributed by atoms with van der Waals surface area (Å²) in [6.07, 6.45) is 0.472. The maximum Gasteiger partial charge on any atom is 0.317 e. The van der Waals surface area contributed by atoms with Crippen molar-refractivity contribution in [2.45, 2.75) is 33.1 Å². The molecule has 2 amide bonds. The second kappa shape index (κ2) is 8.89. The average molecular weight is 382 g/mol. The van der Waals surface area contributed by atoms with Crippen molar-refractivity contribution in [1.82, 2.24) is 10.2 Å². The van der Waals surface area contributed by atoms with Gasteiger partial charge in [-0.3, -0.25) is 4.79 Å². The molecule has 1 saturated heterocycles. The molecule has 6 heteroatoms. The summed E-state index contributed by atoms with van der Waals surface area (Å²) in [6.45, 7) is 3.74. The minimum absolute atomic E-state index is 0.231. The number of benzene rings is 2. The van der Waals surface area contributed by atoms with Gasteiger partial charge >= 0.3 is 12.0 Å². The molecule has 0 spiro atoms. The number of urea groups is 1. The van der Waals surface area contributed by atoms with Gasteiger partial charge in [0.15, 0.2) is 0 Å². The standard InChI is InChI=1S/C22H26N2O4/c1-22(20(25)26)11-12-24(16-22)21(27)23-13-18-9-5-6-10-19(18)15-28-14-17-7-3-2-4-8-17/h2-10H,11-16H2,1H3,(H,23,27)(H,25,26). The number of hydrogen-bond acceptors (Lipinski definition) is 3.